The van der Waals surface area contributed by atoms with Gasteiger partial charge in [0.05, 0.1) is 10.6 Å². The molecule has 0 radical (unpaired) electrons. The van der Waals surface area contributed by atoms with Crippen molar-refractivity contribution in [3.8, 4) is 0 Å². The molecule has 1 aliphatic rings. The number of nitrogens with one attached hydrogen (secondary N) is 2. The molecule has 2 amide bonds. The van der Waals surface area contributed by atoms with Crippen LogP contribution in [0.15, 0.2) is 47.4 Å². The van der Waals surface area contributed by atoms with Gasteiger partial charge < -0.3 is 0 Å². The fourth-order valence-electron chi connectivity index (χ4n) is 3.11. The summed E-state index contributed by atoms with van der Waals surface area (Å²) in [4.78, 5) is 24.1. The molecule has 1 fully saturated rings. The molecule has 0 saturated carbocycles. The molecule has 0 bridgehead atoms. The van der Waals surface area contributed by atoms with E-state index in [0.717, 1.165) is 10.4 Å². The summed E-state index contributed by atoms with van der Waals surface area (Å²) >= 11 is 11.8. The molecule has 2 aromatic carbocycles. The van der Waals surface area contributed by atoms with Crippen LogP contribution in [0.2, 0.25) is 10.0 Å². The third-order valence-corrected chi connectivity index (χ3v) is 7.25. The number of sulfonamides is 1. The minimum absolute atomic E-state index is 0.0584. The Kier molecular flexibility index (Phi) is 6.97. The zero-order chi connectivity index (χ0) is 21.9. The second-order valence-electron chi connectivity index (χ2n) is 6.68. The molecule has 3 rings (SSSR count). The average Bonchev–Trinajstić information content (AvgIpc) is 2.73. The van der Waals surface area contributed by atoms with E-state index in [2.05, 4.69) is 10.9 Å². The van der Waals surface area contributed by atoms with E-state index >= 15 is 0 Å². The van der Waals surface area contributed by atoms with E-state index in [9.17, 15) is 22.4 Å². The van der Waals surface area contributed by atoms with Crippen molar-refractivity contribution in [1.82, 2.24) is 15.2 Å². The minimum Gasteiger partial charge on any atom is -0.273 e. The monoisotopic (exact) mass is 473 g/mol. The predicted octanol–water partition coefficient (Wildman–Crippen LogP) is 2.99. The van der Waals surface area contributed by atoms with E-state index in [-0.39, 0.29) is 36.5 Å². The molecule has 30 heavy (non-hydrogen) atoms. The highest BCUT2D eigenvalue weighted by atomic mass is 35.5. The Hall–Kier alpha value is -2.20. The van der Waals surface area contributed by atoms with Crippen LogP contribution < -0.4 is 10.9 Å². The standard InChI is InChI=1S/C19H18Cl2FN3O4S/c20-13-5-6-15(21)14(11-13)19(27)24-23-18(26)12-7-9-25(10-8-12)30(28,29)17-4-2-1-3-16(17)22/h1-6,11-12H,7-10H2,(H,23,26)(H,24,27). The van der Waals surface area contributed by atoms with E-state index in [4.69, 9.17) is 23.2 Å². The van der Waals surface area contributed by atoms with E-state index in [0.29, 0.717) is 5.02 Å². The lowest BCUT2D eigenvalue weighted by molar-refractivity contribution is -0.126. The zero-order valence-electron chi connectivity index (χ0n) is 15.6. The second kappa shape index (κ2) is 9.30. The summed E-state index contributed by atoms with van der Waals surface area (Å²) in [6.45, 7) is 0.117. The lowest BCUT2D eigenvalue weighted by Crippen LogP contribution is -2.48. The minimum atomic E-state index is -3.98. The van der Waals surface area contributed by atoms with Gasteiger partial charge >= 0.3 is 0 Å². The Morgan fingerprint density at radius 2 is 1.70 bits per heavy atom. The molecule has 0 atom stereocenters. The first-order valence-electron chi connectivity index (χ1n) is 9.00. The van der Waals surface area contributed by atoms with Crippen LogP contribution >= 0.6 is 23.2 Å². The SMILES string of the molecule is O=C(NNC(=O)C1CCN(S(=O)(=O)c2ccccc2F)CC1)c1cc(Cl)ccc1Cl. The number of piperidine rings is 1. The van der Waals surface area contributed by atoms with E-state index in [1.807, 2.05) is 0 Å². The quantitative estimate of drug-likeness (QED) is 0.667. The van der Waals surface area contributed by atoms with Crippen molar-refractivity contribution in [3.63, 3.8) is 0 Å². The fraction of sp³-hybridized carbons (Fsp3) is 0.263. The number of carbonyl (C=O) groups is 2. The van der Waals surface area contributed by atoms with Crippen molar-refractivity contribution in [1.29, 1.82) is 0 Å². The highest BCUT2D eigenvalue weighted by Gasteiger charge is 2.33. The Labute approximate surface area is 183 Å². The van der Waals surface area contributed by atoms with Crippen LogP contribution in [0.25, 0.3) is 0 Å². The van der Waals surface area contributed by atoms with Crippen molar-refractivity contribution in [2.45, 2.75) is 17.7 Å². The van der Waals surface area contributed by atoms with E-state index in [1.54, 1.807) is 0 Å². The van der Waals surface area contributed by atoms with Crippen molar-refractivity contribution in [3.05, 3.63) is 63.9 Å². The second-order valence-corrected chi connectivity index (χ2v) is 9.43. The molecule has 0 spiro atoms. The summed E-state index contributed by atoms with van der Waals surface area (Å²) in [5.41, 5.74) is 4.71. The van der Waals surface area contributed by atoms with Gasteiger partial charge in [-0.25, -0.2) is 12.8 Å². The summed E-state index contributed by atoms with van der Waals surface area (Å²) < 4.78 is 40.3. The molecule has 7 nitrogen and oxygen atoms in total. The van der Waals surface area contributed by atoms with Gasteiger partial charge in [-0.2, -0.15) is 4.31 Å². The third-order valence-electron chi connectivity index (χ3n) is 4.75. The number of carbonyl (C=O) groups excluding carboxylic acids is 2. The largest absolute Gasteiger partial charge is 0.273 e. The van der Waals surface area contributed by atoms with Crippen LogP contribution in [0.3, 0.4) is 0 Å². The zero-order valence-corrected chi connectivity index (χ0v) is 17.9. The van der Waals surface area contributed by atoms with Crippen molar-refractivity contribution < 1.29 is 22.4 Å². The highest BCUT2D eigenvalue weighted by Crippen LogP contribution is 2.25. The van der Waals surface area contributed by atoms with Gasteiger partial charge in [0.25, 0.3) is 5.91 Å². The Bertz CT molecular complexity index is 1070. The van der Waals surface area contributed by atoms with Gasteiger partial charge in [-0.05, 0) is 43.2 Å². The maximum Gasteiger partial charge on any atom is 0.271 e. The van der Waals surface area contributed by atoms with Gasteiger partial charge in [-0.1, -0.05) is 35.3 Å². The lowest BCUT2D eigenvalue weighted by Gasteiger charge is -2.30. The average molecular weight is 474 g/mol. The Morgan fingerprint density at radius 3 is 2.37 bits per heavy atom. The molecule has 2 N–H and O–H groups in total. The van der Waals surface area contributed by atoms with Crippen LogP contribution in [0.1, 0.15) is 23.2 Å². The van der Waals surface area contributed by atoms with Gasteiger partial charge in [0.15, 0.2) is 0 Å². The number of nitrogens with zero attached hydrogens (tertiary/aromatic N) is 1. The van der Waals surface area contributed by atoms with Crippen molar-refractivity contribution in [2.75, 3.05) is 13.1 Å². The van der Waals surface area contributed by atoms with Gasteiger partial charge in [0.1, 0.15) is 10.7 Å². The number of hydrogen-bond donors (Lipinski definition) is 2. The normalized spacial score (nSPS) is 15.6. The smallest absolute Gasteiger partial charge is 0.271 e. The molecular weight excluding hydrogens is 456 g/mol. The predicted molar refractivity (Wildman–Crippen MR) is 110 cm³/mol. The molecule has 0 aliphatic carbocycles. The lowest BCUT2D eigenvalue weighted by atomic mass is 9.98. The first-order valence-corrected chi connectivity index (χ1v) is 11.2. The van der Waals surface area contributed by atoms with Crippen LogP contribution in [0.4, 0.5) is 4.39 Å². The molecule has 1 aliphatic heterocycles. The van der Waals surface area contributed by atoms with Crippen LogP contribution in [0, 0.1) is 11.7 Å². The summed E-state index contributed by atoms with van der Waals surface area (Å²) in [5.74, 6) is -2.41. The summed E-state index contributed by atoms with van der Waals surface area (Å²) in [5, 5.41) is 0.497. The molecule has 0 unspecified atom stereocenters. The molecule has 2 aromatic rings. The molecule has 1 saturated heterocycles. The van der Waals surface area contributed by atoms with Crippen LogP contribution in [0.5, 0.6) is 0 Å². The van der Waals surface area contributed by atoms with Crippen LogP contribution in [-0.4, -0.2) is 37.6 Å². The number of rotatable bonds is 4. The topological polar surface area (TPSA) is 95.6 Å². The summed E-state index contributed by atoms with van der Waals surface area (Å²) in [6.07, 6.45) is 0.459. The first kappa shape index (κ1) is 22.5. The summed E-state index contributed by atoms with van der Waals surface area (Å²) in [7, 11) is -3.98. The fourth-order valence-corrected chi connectivity index (χ4v) is 5.02. The first-order chi connectivity index (χ1) is 14.2. The van der Waals surface area contributed by atoms with E-state index in [1.165, 1.54) is 36.4 Å². The van der Waals surface area contributed by atoms with Gasteiger partial charge in [-0.15, -0.1) is 0 Å². The molecule has 1 heterocycles. The number of hydrazine groups is 1. The maximum absolute atomic E-state index is 13.9. The summed E-state index contributed by atoms with van der Waals surface area (Å²) in [6, 6.07) is 9.52. The van der Waals surface area contributed by atoms with Gasteiger partial charge in [0, 0.05) is 24.0 Å². The number of hydrogen-bond acceptors (Lipinski definition) is 4. The molecule has 11 heteroatoms. The van der Waals surface area contributed by atoms with E-state index < -0.39 is 38.5 Å². The van der Waals surface area contributed by atoms with Crippen molar-refractivity contribution in [2.24, 2.45) is 5.92 Å². The van der Waals surface area contributed by atoms with Gasteiger partial charge in [0.2, 0.25) is 15.9 Å². The molecule has 0 aromatic heterocycles. The molecular formula is C19H18Cl2FN3O4S. The van der Waals surface area contributed by atoms with Crippen molar-refractivity contribution >= 4 is 45.0 Å². The Morgan fingerprint density at radius 1 is 1.03 bits per heavy atom. The highest BCUT2D eigenvalue weighted by molar-refractivity contribution is 7.89. The number of amides is 2. The van der Waals surface area contributed by atoms with Crippen LogP contribution in [-0.2, 0) is 14.8 Å². The number of halogens is 3. The maximum atomic E-state index is 13.9. The molecule has 160 valence electrons. The van der Waals surface area contributed by atoms with Gasteiger partial charge in [-0.3, -0.25) is 20.4 Å². The Balaban J connectivity index is 1.56. The third kappa shape index (κ3) is 4.92. The number of benzene rings is 2.